The van der Waals surface area contributed by atoms with Crippen molar-refractivity contribution in [1.82, 2.24) is 0 Å². The first kappa shape index (κ1) is 13.7. The minimum atomic E-state index is 0.387. The van der Waals surface area contributed by atoms with Gasteiger partial charge in [-0.15, -0.1) is 13.2 Å². The maximum absolute atomic E-state index is 3.80. The van der Waals surface area contributed by atoms with Gasteiger partial charge in [0.05, 0.1) is 10.5 Å². The van der Waals surface area contributed by atoms with Crippen LogP contribution in [0.1, 0.15) is 13.8 Å². The van der Waals surface area contributed by atoms with Gasteiger partial charge in [-0.2, -0.15) is 0 Å². The first-order chi connectivity index (χ1) is 6.78. The van der Waals surface area contributed by atoms with Gasteiger partial charge in [-0.1, -0.05) is 58.0 Å². The molecule has 2 atom stereocenters. The Morgan fingerprint density at radius 2 is 1.21 bits per heavy atom. The molecule has 0 aromatic carbocycles. The predicted octanol–water partition coefficient (Wildman–Crippen LogP) is 4.63. The van der Waals surface area contributed by atoms with E-state index in [9.17, 15) is 0 Å². The van der Waals surface area contributed by atoms with Crippen LogP contribution in [0, 0.1) is 0 Å². The highest BCUT2D eigenvalue weighted by atomic mass is 33.1. The quantitative estimate of drug-likeness (QED) is 0.458. The first-order valence-electron chi connectivity index (χ1n) is 4.61. The second kappa shape index (κ2) is 9.22. The Bertz CT molecular complexity index is 192. The van der Waals surface area contributed by atoms with Gasteiger partial charge in [-0.3, -0.25) is 0 Å². The van der Waals surface area contributed by atoms with E-state index in [1.807, 2.05) is 47.6 Å². The van der Waals surface area contributed by atoms with E-state index in [4.69, 9.17) is 0 Å². The molecule has 0 fully saturated rings. The summed E-state index contributed by atoms with van der Waals surface area (Å²) in [5, 5.41) is 0.774. The SMILES string of the molecule is C=CC(/C=C/C)SSC(C=C)/C=C/C. The van der Waals surface area contributed by atoms with Crippen LogP contribution in [0.3, 0.4) is 0 Å². The molecular weight excluding hydrogens is 208 g/mol. The van der Waals surface area contributed by atoms with E-state index in [0.29, 0.717) is 10.5 Å². The van der Waals surface area contributed by atoms with E-state index < -0.39 is 0 Å². The van der Waals surface area contributed by atoms with Crippen molar-refractivity contribution in [2.24, 2.45) is 0 Å². The van der Waals surface area contributed by atoms with Crippen molar-refractivity contribution in [3.05, 3.63) is 49.6 Å². The van der Waals surface area contributed by atoms with Gasteiger partial charge >= 0.3 is 0 Å². The molecule has 0 spiro atoms. The molecule has 0 amide bonds. The summed E-state index contributed by atoms with van der Waals surface area (Å²) in [7, 11) is 3.62. The fourth-order valence-electron chi connectivity index (χ4n) is 0.808. The zero-order valence-corrected chi connectivity index (χ0v) is 10.5. The van der Waals surface area contributed by atoms with E-state index in [1.54, 1.807) is 0 Å². The molecule has 0 N–H and O–H groups in total. The number of rotatable bonds is 7. The van der Waals surface area contributed by atoms with Crippen molar-refractivity contribution in [3.63, 3.8) is 0 Å². The third-order valence-corrected chi connectivity index (χ3v) is 4.43. The van der Waals surface area contributed by atoms with E-state index in [-0.39, 0.29) is 0 Å². The molecule has 0 aromatic rings. The van der Waals surface area contributed by atoms with Crippen LogP contribution in [0.2, 0.25) is 0 Å². The third-order valence-electron chi connectivity index (χ3n) is 1.51. The minimum absolute atomic E-state index is 0.387. The lowest BCUT2D eigenvalue weighted by Crippen LogP contribution is -1.94. The number of hydrogen-bond donors (Lipinski definition) is 0. The summed E-state index contributed by atoms with van der Waals surface area (Å²) in [6.45, 7) is 11.7. The molecule has 0 aliphatic rings. The Kier molecular flexibility index (Phi) is 9.00. The van der Waals surface area contributed by atoms with Crippen molar-refractivity contribution in [2.75, 3.05) is 0 Å². The lowest BCUT2D eigenvalue weighted by atomic mass is 10.4. The highest BCUT2D eigenvalue weighted by Crippen LogP contribution is 2.33. The average molecular weight is 226 g/mol. The van der Waals surface area contributed by atoms with Crippen LogP contribution >= 0.6 is 21.6 Å². The lowest BCUT2D eigenvalue weighted by Gasteiger charge is -2.09. The van der Waals surface area contributed by atoms with Crippen molar-refractivity contribution in [3.8, 4) is 0 Å². The van der Waals surface area contributed by atoms with Crippen LogP contribution in [-0.2, 0) is 0 Å². The summed E-state index contributed by atoms with van der Waals surface area (Å²) >= 11 is 0. The van der Waals surface area contributed by atoms with Crippen LogP contribution in [0.15, 0.2) is 49.6 Å². The van der Waals surface area contributed by atoms with Gasteiger partial charge in [0.2, 0.25) is 0 Å². The molecule has 0 rings (SSSR count). The van der Waals surface area contributed by atoms with Crippen molar-refractivity contribution < 1.29 is 0 Å². The van der Waals surface area contributed by atoms with Crippen LogP contribution in [0.4, 0.5) is 0 Å². The van der Waals surface area contributed by atoms with Gasteiger partial charge in [0.15, 0.2) is 0 Å². The fourth-order valence-corrected chi connectivity index (χ4v) is 3.29. The normalized spacial score (nSPS) is 15.9. The summed E-state index contributed by atoms with van der Waals surface area (Å²) in [4.78, 5) is 0. The average Bonchev–Trinajstić information content (AvgIpc) is 2.22. The molecule has 0 nitrogen and oxygen atoms in total. The fraction of sp³-hybridized carbons (Fsp3) is 0.333. The van der Waals surface area contributed by atoms with Gasteiger partial charge in [0, 0.05) is 0 Å². The van der Waals surface area contributed by atoms with Crippen LogP contribution in [0.25, 0.3) is 0 Å². The van der Waals surface area contributed by atoms with E-state index in [1.165, 1.54) is 0 Å². The van der Waals surface area contributed by atoms with Crippen LogP contribution in [0.5, 0.6) is 0 Å². The smallest absolute Gasteiger partial charge is 0.0509 e. The molecule has 0 aliphatic heterocycles. The van der Waals surface area contributed by atoms with Crippen molar-refractivity contribution >= 4 is 21.6 Å². The van der Waals surface area contributed by atoms with Gasteiger partial charge in [-0.25, -0.2) is 0 Å². The molecule has 2 heteroatoms. The maximum Gasteiger partial charge on any atom is 0.0509 e. The first-order valence-corrected chi connectivity index (χ1v) is 6.89. The van der Waals surface area contributed by atoms with Crippen LogP contribution < -0.4 is 0 Å². The minimum Gasteiger partial charge on any atom is -0.102 e. The molecule has 0 bridgehead atoms. The summed E-state index contributed by atoms with van der Waals surface area (Å²) < 4.78 is 0. The van der Waals surface area contributed by atoms with E-state index in [0.717, 1.165) is 0 Å². The summed E-state index contributed by atoms with van der Waals surface area (Å²) in [6.07, 6.45) is 12.3. The third kappa shape index (κ3) is 6.17. The molecule has 0 saturated carbocycles. The molecule has 0 heterocycles. The maximum atomic E-state index is 3.80. The molecule has 2 unspecified atom stereocenters. The Labute approximate surface area is 95.6 Å². The molecule has 0 saturated heterocycles. The zero-order chi connectivity index (χ0) is 10.8. The van der Waals surface area contributed by atoms with E-state index >= 15 is 0 Å². The molecular formula is C12H18S2. The highest BCUT2D eigenvalue weighted by Gasteiger charge is 2.04. The topological polar surface area (TPSA) is 0 Å². The van der Waals surface area contributed by atoms with Gasteiger partial charge in [0.1, 0.15) is 0 Å². The number of allylic oxidation sites excluding steroid dienone is 2. The monoisotopic (exact) mass is 226 g/mol. The predicted molar refractivity (Wildman–Crippen MR) is 72.8 cm³/mol. The molecule has 0 aromatic heterocycles. The Balaban J connectivity index is 3.98. The Hall–Kier alpha value is -0.340. The summed E-state index contributed by atoms with van der Waals surface area (Å²) in [5.41, 5.74) is 0. The van der Waals surface area contributed by atoms with Crippen molar-refractivity contribution in [2.45, 2.75) is 24.3 Å². The Morgan fingerprint density at radius 3 is 1.43 bits per heavy atom. The van der Waals surface area contributed by atoms with Gasteiger partial charge in [-0.05, 0) is 13.8 Å². The zero-order valence-electron chi connectivity index (χ0n) is 8.85. The Morgan fingerprint density at radius 1 is 0.857 bits per heavy atom. The van der Waals surface area contributed by atoms with Crippen molar-refractivity contribution in [1.29, 1.82) is 0 Å². The summed E-state index contributed by atoms with van der Waals surface area (Å²) in [6, 6.07) is 0. The molecule has 0 radical (unpaired) electrons. The second-order valence-corrected chi connectivity index (χ2v) is 5.27. The lowest BCUT2D eigenvalue weighted by molar-refractivity contribution is 1.41. The van der Waals surface area contributed by atoms with Crippen LogP contribution in [-0.4, -0.2) is 10.5 Å². The molecule has 14 heavy (non-hydrogen) atoms. The van der Waals surface area contributed by atoms with E-state index in [2.05, 4.69) is 37.5 Å². The largest absolute Gasteiger partial charge is 0.102 e. The number of hydrogen-bond acceptors (Lipinski definition) is 2. The second-order valence-electron chi connectivity index (χ2n) is 2.64. The molecule has 0 aliphatic carbocycles. The summed E-state index contributed by atoms with van der Waals surface area (Å²) in [5.74, 6) is 0. The molecule has 78 valence electrons. The highest BCUT2D eigenvalue weighted by molar-refractivity contribution is 8.77. The van der Waals surface area contributed by atoms with Gasteiger partial charge in [0.25, 0.3) is 0 Å². The standard InChI is InChI=1S/C12H18S2/c1-5-9-11(7-3)13-14-12(8-4)10-6-2/h5-12H,3-4H2,1-2H3/b9-5+,10-6+. The van der Waals surface area contributed by atoms with Gasteiger partial charge < -0.3 is 0 Å².